The maximum absolute atomic E-state index is 5.36. The van der Waals surface area contributed by atoms with Crippen molar-refractivity contribution in [3.8, 4) is 5.75 Å². The Morgan fingerprint density at radius 2 is 2.00 bits per heavy atom. The second kappa shape index (κ2) is 6.09. The zero-order valence-electron chi connectivity index (χ0n) is 12.8. The Balaban J connectivity index is 2.16. The Morgan fingerprint density at radius 3 is 2.60 bits per heavy atom. The zero-order chi connectivity index (χ0) is 14.7. The van der Waals surface area contributed by atoms with Gasteiger partial charge in [0.15, 0.2) is 0 Å². The van der Waals surface area contributed by atoms with Gasteiger partial charge in [-0.05, 0) is 50.6 Å². The number of hydrogen-bond donors (Lipinski definition) is 0. The van der Waals surface area contributed by atoms with E-state index in [0.717, 1.165) is 18.0 Å². The summed E-state index contributed by atoms with van der Waals surface area (Å²) in [5.74, 6) is 0.943. The summed E-state index contributed by atoms with van der Waals surface area (Å²) in [7, 11) is 3.80. The van der Waals surface area contributed by atoms with Crippen LogP contribution in [0, 0.1) is 13.8 Å². The molecule has 1 atom stereocenters. The molecular formula is C16H22N2O2. The highest BCUT2D eigenvalue weighted by Crippen LogP contribution is 2.26. The third kappa shape index (κ3) is 2.85. The number of rotatable bonds is 5. The first-order valence-corrected chi connectivity index (χ1v) is 6.78. The van der Waals surface area contributed by atoms with Crippen LogP contribution < -0.4 is 4.74 Å². The van der Waals surface area contributed by atoms with E-state index in [1.165, 1.54) is 16.7 Å². The van der Waals surface area contributed by atoms with Crippen LogP contribution in [-0.2, 0) is 6.54 Å². The molecule has 0 fully saturated rings. The van der Waals surface area contributed by atoms with Crippen LogP contribution in [0.3, 0.4) is 0 Å². The lowest BCUT2D eigenvalue weighted by Crippen LogP contribution is -2.22. The third-order valence-electron chi connectivity index (χ3n) is 4.04. The van der Waals surface area contributed by atoms with Gasteiger partial charge < -0.3 is 9.26 Å². The monoisotopic (exact) mass is 274 g/mol. The topological polar surface area (TPSA) is 38.5 Å². The van der Waals surface area contributed by atoms with Crippen molar-refractivity contribution in [3.05, 3.63) is 46.8 Å². The smallest absolute Gasteiger partial charge is 0.124 e. The molecule has 2 rings (SSSR count). The van der Waals surface area contributed by atoms with Crippen LogP contribution in [0.25, 0.3) is 0 Å². The van der Waals surface area contributed by atoms with Gasteiger partial charge in [-0.3, -0.25) is 4.90 Å². The summed E-state index contributed by atoms with van der Waals surface area (Å²) in [6, 6.07) is 6.29. The molecule has 108 valence electrons. The van der Waals surface area contributed by atoms with Crippen LogP contribution in [0.5, 0.6) is 5.75 Å². The van der Waals surface area contributed by atoms with E-state index in [2.05, 4.69) is 43.9 Å². The van der Waals surface area contributed by atoms with Gasteiger partial charge in [-0.25, -0.2) is 0 Å². The summed E-state index contributed by atoms with van der Waals surface area (Å²) in [4.78, 5) is 2.26. The highest BCUT2D eigenvalue weighted by molar-refractivity contribution is 5.43. The summed E-state index contributed by atoms with van der Waals surface area (Å²) in [5, 5.41) is 4.01. The Labute approximate surface area is 120 Å². The first kappa shape index (κ1) is 14.6. The van der Waals surface area contributed by atoms with Gasteiger partial charge in [0.05, 0.1) is 13.2 Å². The molecule has 0 amide bonds. The molecule has 4 nitrogen and oxygen atoms in total. The van der Waals surface area contributed by atoms with Crippen molar-refractivity contribution in [3.63, 3.8) is 0 Å². The summed E-state index contributed by atoms with van der Waals surface area (Å²) in [5.41, 5.74) is 4.74. The molecule has 20 heavy (non-hydrogen) atoms. The number of hydrogen-bond acceptors (Lipinski definition) is 4. The van der Waals surface area contributed by atoms with Gasteiger partial charge in [-0.1, -0.05) is 11.2 Å². The van der Waals surface area contributed by atoms with Gasteiger partial charge in [0, 0.05) is 12.6 Å². The van der Waals surface area contributed by atoms with Gasteiger partial charge in [0.25, 0.3) is 0 Å². The molecule has 0 aliphatic rings. The first-order chi connectivity index (χ1) is 9.54. The molecule has 0 aliphatic heterocycles. The molecule has 2 aromatic rings. The molecular weight excluding hydrogens is 252 g/mol. The maximum Gasteiger partial charge on any atom is 0.124 e. The van der Waals surface area contributed by atoms with Crippen molar-refractivity contribution in [1.29, 1.82) is 0 Å². The molecule has 1 aromatic carbocycles. The van der Waals surface area contributed by atoms with Crippen molar-refractivity contribution < 1.29 is 9.26 Å². The molecule has 1 aromatic heterocycles. The van der Waals surface area contributed by atoms with Crippen LogP contribution in [0.1, 0.15) is 35.3 Å². The van der Waals surface area contributed by atoms with Gasteiger partial charge in [0.1, 0.15) is 17.7 Å². The second-order valence-electron chi connectivity index (χ2n) is 5.19. The Kier molecular flexibility index (Phi) is 4.45. The van der Waals surface area contributed by atoms with Crippen molar-refractivity contribution in [2.45, 2.75) is 33.4 Å². The largest absolute Gasteiger partial charge is 0.496 e. The van der Waals surface area contributed by atoms with E-state index in [0.29, 0.717) is 0 Å². The molecule has 0 spiro atoms. The van der Waals surface area contributed by atoms with Crippen LogP contribution in [0.15, 0.2) is 29.0 Å². The number of aromatic nitrogens is 1. The van der Waals surface area contributed by atoms with Crippen molar-refractivity contribution in [2.24, 2.45) is 0 Å². The fourth-order valence-corrected chi connectivity index (χ4v) is 2.31. The number of benzene rings is 1. The quantitative estimate of drug-likeness (QED) is 0.836. The average Bonchev–Trinajstić information content (AvgIpc) is 2.97. The fourth-order valence-electron chi connectivity index (χ4n) is 2.31. The number of nitrogens with zero attached hydrogens (tertiary/aromatic N) is 2. The molecule has 4 heteroatoms. The van der Waals surface area contributed by atoms with E-state index < -0.39 is 0 Å². The normalized spacial score (nSPS) is 12.7. The predicted molar refractivity (Wildman–Crippen MR) is 78.9 cm³/mol. The van der Waals surface area contributed by atoms with E-state index in [1.807, 2.05) is 12.1 Å². The Bertz CT molecular complexity index is 564. The minimum absolute atomic E-state index is 0.218. The lowest BCUT2D eigenvalue weighted by molar-refractivity contribution is 0.240. The van der Waals surface area contributed by atoms with E-state index in [-0.39, 0.29) is 6.04 Å². The number of methoxy groups -OCH3 is 1. The lowest BCUT2D eigenvalue weighted by Gasteiger charge is -2.24. The third-order valence-corrected chi connectivity index (χ3v) is 4.04. The van der Waals surface area contributed by atoms with Crippen LogP contribution in [0.4, 0.5) is 0 Å². The van der Waals surface area contributed by atoms with Gasteiger partial charge in [-0.2, -0.15) is 0 Å². The molecule has 0 aliphatic carbocycles. The summed E-state index contributed by atoms with van der Waals surface area (Å²) >= 11 is 0. The van der Waals surface area contributed by atoms with E-state index in [4.69, 9.17) is 9.26 Å². The summed E-state index contributed by atoms with van der Waals surface area (Å²) in [6.45, 7) is 7.23. The minimum atomic E-state index is 0.218. The number of ether oxygens (including phenoxy) is 1. The van der Waals surface area contributed by atoms with Gasteiger partial charge in [-0.15, -0.1) is 0 Å². The summed E-state index contributed by atoms with van der Waals surface area (Å²) < 4.78 is 10.3. The Morgan fingerprint density at radius 1 is 1.25 bits per heavy atom. The summed E-state index contributed by atoms with van der Waals surface area (Å²) in [6.07, 6.45) is 1.61. The molecule has 1 heterocycles. The van der Waals surface area contributed by atoms with Gasteiger partial charge in [0.2, 0.25) is 0 Å². The average molecular weight is 274 g/mol. The van der Waals surface area contributed by atoms with Gasteiger partial charge >= 0.3 is 0 Å². The van der Waals surface area contributed by atoms with Crippen LogP contribution in [0.2, 0.25) is 0 Å². The standard InChI is InChI=1S/C16H22N2O2/c1-11-12(2)16(19-5)7-6-14(11)10-18(4)13(3)15-8-9-20-17-15/h6-9,13H,10H2,1-5H3/t13-/m0/s1. The SMILES string of the molecule is COc1ccc(CN(C)[C@@H](C)c2ccon2)c(C)c1C. The Hall–Kier alpha value is -1.81. The van der Waals surface area contributed by atoms with E-state index >= 15 is 0 Å². The second-order valence-corrected chi connectivity index (χ2v) is 5.19. The van der Waals surface area contributed by atoms with Crippen molar-refractivity contribution in [2.75, 3.05) is 14.2 Å². The van der Waals surface area contributed by atoms with E-state index in [1.54, 1.807) is 13.4 Å². The molecule has 0 saturated heterocycles. The highest BCUT2D eigenvalue weighted by atomic mass is 16.5. The van der Waals surface area contributed by atoms with E-state index in [9.17, 15) is 0 Å². The van der Waals surface area contributed by atoms with Crippen LogP contribution >= 0.6 is 0 Å². The minimum Gasteiger partial charge on any atom is -0.496 e. The van der Waals surface area contributed by atoms with Crippen molar-refractivity contribution >= 4 is 0 Å². The highest BCUT2D eigenvalue weighted by Gasteiger charge is 2.16. The molecule has 0 saturated carbocycles. The lowest BCUT2D eigenvalue weighted by atomic mass is 10.0. The van der Waals surface area contributed by atoms with Crippen molar-refractivity contribution in [1.82, 2.24) is 10.1 Å². The maximum atomic E-state index is 5.36. The molecule has 0 radical (unpaired) electrons. The van der Waals surface area contributed by atoms with Crippen LogP contribution in [-0.4, -0.2) is 24.2 Å². The first-order valence-electron chi connectivity index (χ1n) is 6.78. The predicted octanol–water partition coefficient (Wildman–Crippen LogP) is 3.49. The molecule has 0 N–H and O–H groups in total. The molecule has 0 bridgehead atoms. The molecule has 0 unspecified atom stereocenters. The fraction of sp³-hybridized carbons (Fsp3) is 0.438. The zero-order valence-corrected chi connectivity index (χ0v) is 12.8.